The van der Waals surface area contributed by atoms with Crippen LogP contribution in [0.1, 0.15) is 44.7 Å². The van der Waals surface area contributed by atoms with Gasteiger partial charge in [-0.25, -0.2) is 0 Å². The van der Waals surface area contributed by atoms with Gasteiger partial charge < -0.3 is 20.5 Å². The molecule has 21 heavy (non-hydrogen) atoms. The van der Waals surface area contributed by atoms with Crippen LogP contribution in [0.15, 0.2) is 24.3 Å². The molecular formula is C17H28N2O2. The van der Waals surface area contributed by atoms with Crippen molar-refractivity contribution in [2.45, 2.75) is 44.8 Å². The third-order valence-electron chi connectivity index (χ3n) is 4.01. The zero-order chi connectivity index (χ0) is 15.1. The molecule has 2 atom stereocenters. The van der Waals surface area contributed by atoms with Crippen molar-refractivity contribution in [1.29, 1.82) is 0 Å². The lowest BCUT2D eigenvalue weighted by molar-refractivity contribution is 0.0189. The minimum absolute atomic E-state index is 0.0440. The Morgan fingerprint density at radius 2 is 2.14 bits per heavy atom. The highest BCUT2D eigenvalue weighted by molar-refractivity contribution is 5.29. The normalized spacial score (nSPS) is 23.2. The summed E-state index contributed by atoms with van der Waals surface area (Å²) in [5.74, 6) is 0.919. The van der Waals surface area contributed by atoms with Gasteiger partial charge in [-0.1, -0.05) is 19.1 Å². The fourth-order valence-electron chi connectivity index (χ4n) is 2.67. The Bertz CT molecular complexity index is 413. The minimum atomic E-state index is -0.0440. The average molecular weight is 292 g/mol. The summed E-state index contributed by atoms with van der Waals surface area (Å²) < 4.78 is 11.4. The van der Waals surface area contributed by atoms with Crippen molar-refractivity contribution < 1.29 is 9.47 Å². The fourth-order valence-corrected chi connectivity index (χ4v) is 2.67. The molecule has 1 fully saturated rings. The molecular weight excluding hydrogens is 264 g/mol. The quantitative estimate of drug-likeness (QED) is 0.773. The van der Waals surface area contributed by atoms with Crippen LogP contribution >= 0.6 is 0 Å². The Balaban J connectivity index is 1.90. The first kappa shape index (κ1) is 16.3. The molecule has 0 saturated carbocycles. The van der Waals surface area contributed by atoms with E-state index in [2.05, 4.69) is 31.3 Å². The number of hydrogen-bond donors (Lipinski definition) is 2. The third-order valence-corrected chi connectivity index (χ3v) is 4.01. The number of rotatable bonds is 8. The van der Waals surface area contributed by atoms with Crippen molar-refractivity contribution in [3.63, 3.8) is 0 Å². The first-order valence-corrected chi connectivity index (χ1v) is 7.97. The molecule has 1 aromatic rings. The number of ether oxygens (including phenoxy) is 2. The third kappa shape index (κ3) is 4.70. The molecule has 4 nitrogen and oxygen atoms in total. The van der Waals surface area contributed by atoms with Gasteiger partial charge in [-0.15, -0.1) is 0 Å². The molecule has 0 spiro atoms. The zero-order valence-corrected chi connectivity index (χ0v) is 13.2. The summed E-state index contributed by atoms with van der Waals surface area (Å²) in [6, 6.07) is 8.37. The Kier molecular flexibility index (Phi) is 6.03. The molecule has 1 aliphatic heterocycles. The van der Waals surface area contributed by atoms with Crippen molar-refractivity contribution in [3.8, 4) is 5.75 Å². The Morgan fingerprint density at radius 3 is 2.71 bits per heavy atom. The van der Waals surface area contributed by atoms with Crippen LogP contribution in [0.5, 0.6) is 5.75 Å². The summed E-state index contributed by atoms with van der Waals surface area (Å²) in [7, 11) is 0. The number of nitrogens with one attached hydrogen (secondary N) is 1. The van der Waals surface area contributed by atoms with Gasteiger partial charge in [0.05, 0.1) is 12.2 Å². The van der Waals surface area contributed by atoms with Crippen molar-refractivity contribution in [1.82, 2.24) is 5.32 Å². The van der Waals surface area contributed by atoms with E-state index in [1.807, 2.05) is 12.1 Å². The molecule has 0 bridgehead atoms. The second-order valence-electron chi connectivity index (χ2n) is 5.99. The van der Waals surface area contributed by atoms with E-state index in [4.69, 9.17) is 15.2 Å². The Hall–Kier alpha value is -1.10. The molecule has 1 heterocycles. The van der Waals surface area contributed by atoms with Gasteiger partial charge in [-0.3, -0.25) is 0 Å². The van der Waals surface area contributed by atoms with Crippen LogP contribution in [0.3, 0.4) is 0 Å². The maximum Gasteiger partial charge on any atom is 0.119 e. The van der Waals surface area contributed by atoms with Gasteiger partial charge in [-0.05, 0) is 43.9 Å². The summed E-state index contributed by atoms with van der Waals surface area (Å²) in [6.07, 6.45) is 3.28. The average Bonchev–Trinajstić information content (AvgIpc) is 2.94. The molecule has 0 aromatic heterocycles. The topological polar surface area (TPSA) is 56.5 Å². The fraction of sp³-hybridized carbons (Fsp3) is 0.647. The van der Waals surface area contributed by atoms with E-state index in [0.717, 1.165) is 44.8 Å². The van der Waals surface area contributed by atoms with Gasteiger partial charge in [-0.2, -0.15) is 0 Å². The van der Waals surface area contributed by atoms with E-state index >= 15 is 0 Å². The highest BCUT2D eigenvalue weighted by atomic mass is 16.5. The molecule has 4 heteroatoms. The van der Waals surface area contributed by atoms with E-state index < -0.39 is 0 Å². The Labute approximate surface area is 128 Å². The minimum Gasteiger partial charge on any atom is -0.494 e. The van der Waals surface area contributed by atoms with Gasteiger partial charge in [0.1, 0.15) is 5.75 Å². The second kappa shape index (κ2) is 7.78. The number of benzene rings is 1. The summed E-state index contributed by atoms with van der Waals surface area (Å²) in [5, 5.41) is 3.54. The summed E-state index contributed by atoms with van der Waals surface area (Å²) in [4.78, 5) is 0. The van der Waals surface area contributed by atoms with E-state index in [0.29, 0.717) is 6.54 Å². The standard InChI is InChI=1S/C17H28N2O2/c1-3-10-20-15-7-5-14(6-8-15)16(12-18)19-13-17(2)9-4-11-21-17/h5-8,16,19H,3-4,9-13,18H2,1-2H3. The smallest absolute Gasteiger partial charge is 0.119 e. The SMILES string of the molecule is CCCOc1ccc(C(CN)NCC2(C)CCCO2)cc1. The van der Waals surface area contributed by atoms with Crippen molar-refractivity contribution in [2.75, 3.05) is 26.3 Å². The maximum atomic E-state index is 5.92. The molecule has 1 aromatic carbocycles. The van der Waals surface area contributed by atoms with Gasteiger partial charge in [0, 0.05) is 25.7 Å². The van der Waals surface area contributed by atoms with Gasteiger partial charge in [0.25, 0.3) is 0 Å². The van der Waals surface area contributed by atoms with Crippen LogP contribution in [-0.4, -0.2) is 31.9 Å². The van der Waals surface area contributed by atoms with Crippen molar-refractivity contribution in [2.24, 2.45) is 5.73 Å². The molecule has 118 valence electrons. The predicted molar refractivity (Wildman–Crippen MR) is 85.6 cm³/mol. The summed E-state index contributed by atoms with van der Waals surface area (Å²) >= 11 is 0. The molecule has 0 aliphatic carbocycles. The van der Waals surface area contributed by atoms with E-state index in [9.17, 15) is 0 Å². The monoisotopic (exact) mass is 292 g/mol. The molecule has 2 rings (SSSR count). The molecule has 3 N–H and O–H groups in total. The molecule has 1 saturated heterocycles. The lowest BCUT2D eigenvalue weighted by atomic mass is 10.0. The van der Waals surface area contributed by atoms with Crippen LogP contribution < -0.4 is 15.8 Å². The summed E-state index contributed by atoms with van der Waals surface area (Å²) in [5.41, 5.74) is 7.07. The second-order valence-corrected chi connectivity index (χ2v) is 5.99. The highest BCUT2D eigenvalue weighted by Crippen LogP contribution is 2.25. The number of hydrogen-bond acceptors (Lipinski definition) is 4. The lowest BCUT2D eigenvalue weighted by Crippen LogP contribution is -2.40. The van der Waals surface area contributed by atoms with E-state index in [-0.39, 0.29) is 11.6 Å². The summed E-state index contributed by atoms with van der Waals surface area (Å²) in [6.45, 7) is 7.31. The van der Waals surface area contributed by atoms with Crippen molar-refractivity contribution >= 4 is 0 Å². The largest absolute Gasteiger partial charge is 0.494 e. The lowest BCUT2D eigenvalue weighted by Gasteiger charge is -2.27. The first-order valence-electron chi connectivity index (χ1n) is 7.97. The molecule has 1 aliphatic rings. The number of nitrogens with two attached hydrogens (primary N) is 1. The van der Waals surface area contributed by atoms with Crippen LogP contribution in [0.2, 0.25) is 0 Å². The van der Waals surface area contributed by atoms with Crippen LogP contribution in [-0.2, 0) is 4.74 Å². The van der Waals surface area contributed by atoms with Crippen LogP contribution in [0.25, 0.3) is 0 Å². The molecule has 0 radical (unpaired) electrons. The maximum absolute atomic E-state index is 5.92. The Morgan fingerprint density at radius 1 is 1.38 bits per heavy atom. The highest BCUT2D eigenvalue weighted by Gasteiger charge is 2.30. The van der Waals surface area contributed by atoms with Gasteiger partial charge in [0.2, 0.25) is 0 Å². The molecule has 2 unspecified atom stereocenters. The van der Waals surface area contributed by atoms with E-state index in [1.54, 1.807) is 0 Å². The first-order chi connectivity index (χ1) is 10.2. The van der Waals surface area contributed by atoms with Crippen LogP contribution in [0.4, 0.5) is 0 Å². The van der Waals surface area contributed by atoms with Gasteiger partial charge >= 0.3 is 0 Å². The zero-order valence-electron chi connectivity index (χ0n) is 13.2. The van der Waals surface area contributed by atoms with Crippen molar-refractivity contribution in [3.05, 3.63) is 29.8 Å². The van der Waals surface area contributed by atoms with Crippen LogP contribution in [0, 0.1) is 0 Å². The van der Waals surface area contributed by atoms with E-state index in [1.165, 1.54) is 5.56 Å². The molecule has 0 amide bonds. The van der Waals surface area contributed by atoms with Gasteiger partial charge in [0.15, 0.2) is 0 Å². The predicted octanol–water partition coefficient (Wildman–Crippen LogP) is 2.63.